The summed E-state index contributed by atoms with van der Waals surface area (Å²) in [5, 5.41) is -0.248. The number of pyridine rings is 1. The van der Waals surface area contributed by atoms with Crippen molar-refractivity contribution in [2.45, 2.75) is 12.3 Å². The fourth-order valence-corrected chi connectivity index (χ4v) is 2.26. The van der Waals surface area contributed by atoms with Crippen molar-refractivity contribution in [1.82, 2.24) is 9.36 Å². The number of hydrogen-bond donors (Lipinski definition) is 1. The lowest BCUT2D eigenvalue weighted by atomic mass is 10.3. The first-order valence-electron chi connectivity index (χ1n) is 4.72. The van der Waals surface area contributed by atoms with E-state index in [1.54, 1.807) is 24.5 Å². The smallest absolute Gasteiger partial charge is 0.280 e. The van der Waals surface area contributed by atoms with Gasteiger partial charge in [0.05, 0.1) is 0 Å². The Morgan fingerprint density at radius 2 is 2.06 bits per heavy atom. The first-order chi connectivity index (χ1) is 7.98. The van der Waals surface area contributed by atoms with Crippen LogP contribution in [0, 0.1) is 0 Å². The number of aromatic nitrogens is 3. The van der Waals surface area contributed by atoms with Crippen LogP contribution in [-0.4, -0.2) is 22.3 Å². The Morgan fingerprint density at radius 1 is 1.41 bits per heavy atom. The molecule has 8 heteroatoms. The van der Waals surface area contributed by atoms with Crippen molar-refractivity contribution in [3.63, 3.8) is 0 Å². The quantitative estimate of drug-likeness (QED) is 0.663. The van der Waals surface area contributed by atoms with E-state index in [1.807, 2.05) is 0 Å². The fraction of sp³-hybridized carbons (Fsp3) is 0.222. The summed E-state index contributed by atoms with van der Waals surface area (Å²) in [6, 6.07) is 3.45. The van der Waals surface area contributed by atoms with E-state index >= 15 is 0 Å². The molecule has 90 valence electrons. The second-order valence-corrected chi connectivity index (χ2v) is 5.89. The van der Waals surface area contributed by atoms with E-state index in [9.17, 15) is 8.42 Å². The molecule has 0 radical (unpaired) electrons. The van der Waals surface area contributed by atoms with Crippen LogP contribution in [0.5, 0.6) is 0 Å². The Hall–Kier alpha value is -1.38. The third-order valence-electron chi connectivity index (χ3n) is 2.31. The van der Waals surface area contributed by atoms with Gasteiger partial charge in [-0.25, -0.2) is 4.98 Å². The molecular formula is C9H10N3O3S2+. The molecule has 0 bridgehead atoms. The van der Waals surface area contributed by atoms with Gasteiger partial charge >= 0.3 is 10.1 Å². The van der Waals surface area contributed by atoms with E-state index in [2.05, 4.69) is 9.36 Å². The first-order valence-corrected chi connectivity index (χ1v) is 7.00. The van der Waals surface area contributed by atoms with Gasteiger partial charge in [0.2, 0.25) is 0 Å². The number of rotatable bonds is 3. The minimum absolute atomic E-state index is 0.761. The van der Waals surface area contributed by atoms with Crippen molar-refractivity contribution in [3.05, 3.63) is 30.9 Å². The summed E-state index contributed by atoms with van der Waals surface area (Å²) in [5.41, 5.74) is 0.853. The van der Waals surface area contributed by atoms with E-state index in [-0.39, 0.29) is 0 Å². The third-order valence-corrected chi connectivity index (χ3v) is 4.13. The monoisotopic (exact) mass is 272 g/mol. The Bertz CT molecular complexity index is 593. The SMILES string of the molecule is CC([n+]1ccc(-c2ncns2)cc1)S(=O)(=O)O. The van der Waals surface area contributed by atoms with E-state index in [0.717, 1.165) is 10.6 Å². The molecule has 0 aromatic carbocycles. The van der Waals surface area contributed by atoms with Crippen LogP contribution in [0.4, 0.5) is 0 Å². The second-order valence-electron chi connectivity index (χ2n) is 3.39. The van der Waals surface area contributed by atoms with Crippen molar-refractivity contribution in [2.75, 3.05) is 0 Å². The standard InChI is InChI=1S/C9H9N3O3S2/c1-7(17(13,14)15)12-4-2-8(3-5-12)9-10-6-11-16-9/h2-7H,1H3/p+1. The van der Waals surface area contributed by atoms with Crippen LogP contribution >= 0.6 is 11.5 Å². The Kier molecular flexibility index (Phi) is 3.18. The summed E-state index contributed by atoms with van der Waals surface area (Å²) < 4.78 is 36.1. The van der Waals surface area contributed by atoms with E-state index < -0.39 is 15.5 Å². The summed E-state index contributed by atoms with van der Waals surface area (Å²) in [6.07, 6.45) is 4.62. The fourth-order valence-electron chi connectivity index (χ4n) is 1.28. The highest BCUT2D eigenvalue weighted by Gasteiger charge is 2.26. The number of nitrogens with zero attached hydrogens (tertiary/aromatic N) is 3. The molecule has 2 heterocycles. The average Bonchev–Trinajstić information content (AvgIpc) is 2.80. The van der Waals surface area contributed by atoms with E-state index in [1.165, 1.54) is 29.4 Å². The summed E-state index contributed by atoms with van der Waals surface area (Å²) in [5.74, 6) is 0. The highest BCUT2D eigenvalue weighted by atomic mass is 32.2. The molecule has 1 N–H and O–H groups in total. The summed E-state index contributed by atoms with van der Waals surface area (Å²) in [4.78, 5) is 4.04. The Morgan fingerprint density at radius 3 is 2.53 bits per heavy atom. The van der Waals surface area contributed by atoms with Crippen molar-refractivity contribution in [3.8, 4) is 10.6 Å². The molecule has 6 nitrogen and oxygen atoms in total. The van der Waals surface area contributed by atoms with Crippen molar-refractivity contribution < 1.29 is 17.5 Å². The second kappa shape index (κ2) is 4.47. The molecule has 1 unspecified atom stereocenters. The van der Waals surface area contributed by atoms with Crippen LogP contribution in [-0.2, 0) is 10.1 Å². The van der Waals surface area contributed by atoms with Crippen molar-refractivity contribution in [1.29, 1.82) is 0 Å². The molecule has 17 heavy (non-hydrogen) atoms. The zero-order valence-corrected chi connectivity index (χ0v) is 10.5. The molecule has 0 saturated carbocycles. The molecule has 0 amide bonds. The predicted molar refractivity (Wildman–Crippen MR) is 61.8 cm³/mol. The largest absolute Gasteiger partial charge is 0.329 e. The van der Waals surface area contributed by atoms with Crippen molar-refractivity contribution >= 4 is 21.7 Å². The molecule has 0 aliphatic heterocycles. The van der Waals surface area contributed by atoms with Gasteiger partial charge in [0.15, 0.2) is 12.4 Å². The summed E-state index contributed by atoms with van der Waals surface area (Å²) >= 11 is 1.26. The lowest BCUT2D eigenvalue weighted by Crippen LogP contribution is -2.41. The molecule has 0 aliphatic carbocycles. The molecule has 2 rings (SSSR count). The highest BCUT2D eigenvalue weighted by Crippen LogP contribution is 2.18. The zero-order valence-electron chi connectivity index (χ0n) is 8.89. The minimum atomic E-state index is -4.08. The Labute approximate surface area is 102 Å². The van der Waals surface area contributed by atoms with Crippen LogP contribution in [0.3, 0.4) is 0 Å². The van der Waals surface area contributed by atoms with Crippen LogP contribution in [0.2, 0.25) is 0 Å². The maximum Gasteiger partial charge on any atom is 0.329 e. The molecule has 2 aromatic heterocycles. The summed E-state index contributed by atoms with van der Waals surface area (Å²) in [7, 11) is -4.08. The van der Waals surface area contributed by atoms with Crippen LogP contribution in [0.25, 0.3) is 10.6 Å². The first kappa shape index (κ1) is 12.1. The topological polar surface area (TPSA) is 84.0 Å². The maximum atomic E-state index is 11.0. The normalized spacial score (nSPS) is 13.5. The van der Waals surface area contributed by atoms with Crippen LogP contribution in [0.1, 0.15) is 12.3 Å². The van der Waals surface area contributed by atoms with E-state index in [0.29, 0.717) is 0 Å². The number of hydrogen-bond acceptors (Lipinski definition) is 5. The molecule has 0 fully saturated rings. The molecule has 0 aliphatic rings. The van der Waals surface area contributed by atoms with Gasteiger partial charge < -0.3 is 0 Å². The zero-order chi connectivity index (χ0) is 12.5. The maximum absolute atomic E-state index is 11.0. The molecule has 0 spiro atoms. The van der Waals surface area contributed by atoms with Gasteiger partial charge in [0, 0.05) is 24.6 Å². The van der Waals surface area contributed by atoms with Crippen LogP contribution in [0.15, 0.2) is 30.9 Å². The van der Waals surface area contributed by atoms with Crippen LogP contribution < -0.4 is 4.57 Å². The third kappa shape index (κ3) is 2.65. The van der Waals surface area contributed by atoms with Gasteiger partial charge in [-0.05, 0) is 11.5 Å². The molecule has 0 saturated heterocycles. The van der Waals surface area contributed by atoms with Gasteiger partial charge in [0.1, 0.15) is 11.3 Å². The molecule has 2 aromatic rings. The lowest BCUT2D eigenvalue weighted by molar-refractivity contribution is -0.699. The summed E-state index contributed by atoms with van der Waals surface area (Å²) in [6.45, 7) is 1.40. The van der Waals surface area contributed by atoms with Gasteiger partial charge in [-0.15, -0.1) is 0 Å². The molecule has 1 atom stereocenters. The van der Waals surface area contributed by atoms with E-state index in [4.69, 9.17) is 4.55 Å². The average molecular weight is 272 g/mol. The minimum Gasteiger partial charge on any atom is -0.280 e. The van der Waals surface area contributed by atoms with Crippen molar-refractivity contribution in [2.24, 2.45) is 0 Å². The highest BCUT2D eigenvalue weighted by molar-refractivity contribution is 7.85. The van der Waals surface area contributed by atoms with Gasteiger partial charge in [0.25, 0.3) is 5.37 Å². The molecular weight excluding hydrogens is 262 g/mol. The van der Waals surface area contributed by atoms with Gasteiger partial charge in [-0.1, -0.05) is 0 Å². The predicted octanol–water partition coefficient (Wildman–Crippen LogP) is 0.899. The Balaban J connectivity index is 2.31. The van der Waals surface area contributed by atoms with Gasteiger partial charge in [-0.2, -0.15) is 17.4 Å². The van der Waals surface area contributed by atoms with Gasteiger partial charge in [-0.3, -0.25) is 4.55 Å². The lowest BCUT2D eigenvalue weighted by Gasteiger charge is -2.03.